The molecule has 18 heavy (non-hydrogen) atoms. The predicted molar refractivity (Wildman–Crippen MR) is 68.8 cm³/mol. The first-order chi connectivity index (χ1) is 8.69. The average molecular weight is 268 g/mol. The number of imidazole rings is 1. The molecule has 0 aromatic carbocycles. The molecule has 0 atom stereocenters. The molecule has 96 valence electrons. The Kier molecular flexibility index (Phi) is 4.17. The first kappa shape index (κ1) is 12.9. The van der Waals surface area contributed by atoms with Crippen LogP contribution in [0.1, 0.15) is 5.69 Å². The van der Waals surface area contributed by atoms with E-state index in [4.69, 9.17) is 16.3 Å². The number of carbonyl (C=O) groups excluding carboxylic acids is 1. The summed E-state index contributed by atoms with van der Waals surface area (Å²) in [5.41, 5.74) is 1.49. The number of hydrogen-bond donors (Lipinski definition) is 1. The van der Waals surface area contributed by atoms with Crippen molar-refractivity contribution in [2.75, 3.05) is 20.3 Å². The fourth-order valence-corrected chi connectivity index (χ4v) is 1.79. The molecule has 2 aromatic heterocycles. The third-order valence-electron chi connectivity index (χ3n) is 2.43. The van der Waals surface area contributed by atoms with E-state index in [2.05, 4.69) is 10.3 Å². The summed E-state index contributed by atoms with van der Waals surface area (Å²) in [4.78, 5) is 15.9. The van der Waals surface area contributed by atoms with Crippen molar-refractivity contribution in [1.82, 2.24) is 14.7 Å². The fraction of sp³-hybridized carbons (Fsp3) is 0.333. The maximum atomic E-state index is 11.6. The summed E-state index contributed by atoms with van der Waals surface area (Å²) in [6.07, 6.45) is 3.82. The largest absolute Gasteiger partial charge is 0.383 e. The number of nitrogens with one attached hydrogen (secondary N) is 1. The lowest BCUT2D eigenvalue weighted by atomic mass is 10.3. The molecule has 0 radical (unpaired) electrons. The van der Waals surface area contributed by atoms with Crippen molar-refractivity contribution in [2.45, 2.75) is 6.42 Å². The minimum absolute atomic E-state index is 0.0680. The Balaban J connectivity index is 2.01. The zero-order valence-electron chi connectivity index (χ0n) is 10.0. The Morgan fingerprint density at radius 1 is 1.50 bits per heavy atom. The van der Waals surface area contributed by atoms with Crippen molar-refractivity contribution < 1.29 is 9.53 Å². The van der Waals surface area contributed by atoms with Gasteiger partial charge in [0.05, 0.1) is 23.7 Å². The van der Waals surface area contributed by atoms with Gasteiger partial charge in [-0.15, -0.1) is 0 Å². The van der Waals surface area contributed by atoms with Crippen LogP contribution in [0.15, 0.2) is 24.5 Å². The van der Waals surface area contributed by atoms with Gasteiger partial charge in [0.1, 0.15) is 5.65 Å². The molecule has 0 saturated heterocycles. The molecule has 0 aliphatic carbocycles. The molecule has 0 saturated carbocycles. The second-order valence-corrected chi connectivity index (χ2v) is 4.30. The lowest BCUT2D eigenvalue weighted by Crippen LogP contribution is -2.28. The van der Waals surface area contributed by atoms with Crippen molar-refractivity contribution in [3.8, 4) is 0 Å². The first-order valence-corrected chi connectivity index (χ1v) is 5.95. The fourth-order valence-electron chi connectivity index (χ4n) is 1.62. The Labute approximate surface area is 110 Å². The normalized spacial score (nSPS) is 10.8. The maximum Gasteiger partial charge on any atom is 0.226 e. The number of halogens is 1. The van der Waals surface area contributed by atoms with E-state index in [1.165, 1.54) is 0 Å². The Morgan fingerprint density at radius 2 is 2.33 bits per heavy atom. The number of rotatable bonds is 5. The van der Waals surface area contributed by atoms with Gasteiger partial charge >= 0.3 is 0 Å². The molecule has 5 nitrogen and oxygen atoms in total. The van der Waals surface area contributed by atoms with Gasteiger partial charge in [-0.2, -0.15) is 0 Å². The van der Waals surface area contributed by atoms with Gasteiger partial charge in [-0.25, -0.2) is 4.98 Å². The number of fused-ring (bicyclic) bond motifs is 1. The molecular formula is C12H14ClN3O2. The molecule has 6 heteroatoms. The van der Waals surface area contributed by atoms with Crippen LogP contribution < -0.4 is 5.32 Å². The Morgan fingerprint density at radius 3 is 3.11 bits per heavy atom. The number of nitrogens with zero attached hydrogens (tertiary/aromatic N) is 2. The molecule has 0 unspecified atom stereocenters. The van der Waals surface area contributed by atoms with Gasteiger partial charge in [0.25, 0.3) is 0 Å². The monoisotopic (exact) mass is 267 g/mol. The van der Waals surface area contributed by atoms with E-state index in [1.807, 2.05) is 6.07 Å². The van der Waals surface area contributed by atoms with E-state index >= 15 is 0 Å². The quantitative estimate of drug-likeness (QED) is 0.831. The van der Waals surface area contributed by atoms with Gasteiger partial charge < -0.3 is 14.5 Å². The van der Waals surface area contributed by atoms with Crippen LogP contribution in [0.3, 0.4) is 0 Å². The van der Waals surface area contributed by atoms with Crippen LogP contribution in [0.25, 0.3) is 5.65 Å². The van der Waals surface area contributed by atoms with Crippen molar-refractivity contribution in [3.05, 3.63) is 35.2 Å². The van der Waals surface area contributed by atoms with Crippen LogP contribution in [0.5, 0.6) is 0 Å². The highest BCUT2D eigenvalue weighted by atomic mass is 35.5. The van der Waals surface area contributed by atoms with Gasteiger partial charge in [-0.3, -0.25) is 4.79 Å². The zero-order valence-corrected chi connectivity index (χ0v) is 10.8. The summed E-state index contributed by atoms with van der Waals surface area (Å²) in [6, 6.07) is 3.58. The highest BCUT2D eigenvalue weighted by Gasteiger charge is 2.07. The van der Waals surface area contributed by atoms with Crippen molar-refractivity contribution in [3.63, 3.8) is 0 Å². The van der Waals surface area contributed by atoms with E-state index in [9.17, 15) is 4.79 Å². The number of carbonyl (C=O) groups is 1. The van der Waals surface area contributed by atoms with E-state index in [0.717, 1.165) is 5.65 Å². The molecule has 2 rings (SSSR count). The molecule has 1 N–H and O–H groups in total. The molecule has 2 aromatic rings. The van der Waals surface area contributed by atoms with E-state index in [-0.39, 0.29) is 12.3 Å². The number of methoxy groups -OCH3 is 1. The summed E-state index contributed by atoms with van der Waals surface area (Å²) in [5.74, 6) is -0.0680. The number of ether oxygens (including phenoxy) is 1. The summed E-state index contributed by atoms with van der Waals surface area (Å²) in [6.45, 7) is 1.01. The lowest BCUT2D eigenvalue weighted by Gasteiger charge is -2.01. The molecule has 2 heterocycles. The van der Waals surface area contributed by atoms with E-state index in [0.29, 0.717) is 23.9 Å². The average Bonchev–Trinajstić information content (AvgIpc) is 2.70. The van der Waals surface area contributed by atoms with Crippen LogP contribution in [0, 0.1) is 0 Å². The third kappa shape index (κ3) is 3.21. The third-order valence-corrected chi connectivity index (χ3v) is 2.66. The number of hydrogen-bond acceptors (Lipinski definition) is 3. The molecule has 0 spiro atoms. The van der Waals surface area contributed by atoms with Gasteiger partial charge in [0.2, 0.25) is 5.91 Å². The van der Waals surface area contributed by atoms with E-state index < -0.39 is 0 Å². The second kappa shape index (κ2) is 5.84. The molecule has 1 amide bonds. The number of aromatic nitrogens is 2. The van der Waals surface area contributed by atoms with Crippen LogP contribution >= 0.6 is 11.6 Å². The minimum atomic E-state index is -0.0680. The minimum Gasteiger partial charge on any atom is -0.383 e. The standard InChI is InChI=1S/C12H14ClN3O2/c1-18-5-4-14-12(17)6-10-8-16-7-9(13)2-3-11(16)15-10/h2-3,7-8H,4-6H2,1H3,(H,14,17). The maximum absolute atomic E-state index is 11.6. The summed E-state index contributed by atoms with van der Waals surface area (Å²) < 4.78 is 6.66. The van der Waals surface area contributed by atoms with Crippen LogP contribution in [-0.4, -0.2) is 35.6 Å². The molecule has 0 fully saturated rings. The van der Waals surface area contributed by atoms with Gasteiger partial charge in [0.15, 0.2) is 0 Å². The highest BCUT2D eigenvalue weighted by Crippen LogP contribution is 2.11. The zero-order chi connectivity index (χ0) is 13.0. The smallest absolute Gasteiger partial charge is 0.226 e. The number of amides is 1. The molecule has 0 aliphatic heterocycles. The van der Waals surface area contributed by atoms with Crippen LogP contribution in [0.2, 0.25) is 5.02 Å². The van der Waals surface area contributed by atoms with Gasteiger partial charge in [-0.05, 0) is 12.1 Å². The lowest BCUT2D eigenvalue weighted by molar-refractivity contribution is -0.120. The predicted octanol–water partition coefficient (Wildman–Crippen LogP) is 1.29. The number of pyridine rings is 1. The summed E-state index contributed by atoms with van der Waals surface area (Å²) >= 11 is 5.88. The highest BCUT2D eigenvalue weighted by molar-refractivity contribution is 6.30. The van der Waals surface area contributed by atoms with Crippen molar-refractivity contribution >= 4 is 23.2 Å². The van der Waals surface area contributed by atoms with Crippen LogP contribution in [0.4, 0.5) is 0 Å². The Hall–Kier alpha value is -1.59. The van der Waals surface area contributed by atoms with Gasteiger partial charge in [0, 0.05) is 26.0 Å². The van der Waals surface area contributed by atoms with Crippen molar-refractivity contribution in [1.29, 1.82) is 0 Å². The van der Waals surface area contributed by atoms with Gasteiger partial charge in [-0.1, -0.05) is 11.6 Å². The molecule has 0 aliphatic rings. The SMILES string of the molecule is COCCNC(=O)Cc1cn2cc(Cl)ccc2n1. The second-order valence-electron chi connectivity index (χ2n) is 3.86. The topological polar surface area (TPSA) is 55.6 Å². The van der Waals surface area contributed by atoms with Crippen LogP contribution in [-0.2, 0) is 16.0 Å². The van der Waals surface area contributed by atoms with E-state index in [1.54, 1.807) is 30.0 Å². The summed E-state index contributed by atoms with van der Waals surface area (Å²) in [5, 5.41) is 3.38. The summed E-state index contributed by atoms with van der Waals surface area (Å²) in [7, 11) is 1.60. The Bertz CT molecular complexity index is 553. The molecule has 0 bridgehead atoms. The van der Waals surface area contributed by atoms with Crippen molar-refractivity contribution in [2.24, 2.45) is 0 Å². The molecular weight excluding hydrogens is 254 g/mol. The first-order valence-electron chi connectivity index (χ1n) is 5.58.